The van der Waals surface area contributed by atoms with Gasteiger partial charge in [0.05, 0.1) is 6.61 Å². The van der Waals surface area contributed by atoms with Crippen molar-refractivity contribution in [1.82, 2.24) is 0 Å². The SMILES string of the molecule is Cc1cccc(CO)c1OP(=O)(CC[Si](C)(C)C)CC[Si](C)(C)C. The van der Waals surface area contributed by atoms with Gasteiger partial charge in [0.1, 0.15) is 5.75 Å². The summed E-state index contributed by atoms with van der Waals surface area (Å²) in [7, 11) is -5.31. The smallest absolute Gasteiger partial charge is 0.247 e. The Morgan fingerprint density at radius 1 is 1.00 bits per heavy atom. The third kappa shape index (κ3) is 7.69. The first-order valence-electron chi connectivity index (χ1n) is 8.82. The van der Waals surface area contributed by atoms with E-state index in [9.17, 15) is 9.67 Å². The maximum absolute atomic E-state index is 13.6. The molecule has 1 aromatic rings. The largest absolute Gasteiger partial charge is 0.442 e. The van der Waals surface area contributed by atoms with Crippen LogP contribution in [0.2, 0.25) is 51.4 Å². The van der Waals surface area contributed by atoms with E-state index in [0.29, 0.717) is 18.1 Å². The molecule has 0 unspecified atom stereocenters. The zero-order chi connectivity index (χ0) is 18.6. The third-order valence-electron chi connectivity index (χ3n) is 4.13. The fourth-order valence-corrected chi connectivity index (χ4v) is 11.4. The minimum atomic E-state index is -2.74. The number of hydrogen-bond acceptors (Lipinski definition) is 3. The highest BCUT2D eigenvalue weighted by atomic mass is 31.2. The minimum Gasteiger partial charge on any atom is -0.442 e. The summed E-state index contributed by atoms with van der Waals surface area (Å²) in [5.74, 6) is 0.634. The van der Waals surface area contributed by atoms with Gasteiger partial charge in [-0.15, -0.1) is 0 Å². The summed E-state index contributed by atoms with van der Waals surface area (Å²) in [5, 5.41) is 9.60. The molecule has 0 spiro atoms. The van der Waals surface area contributed by atoms with Gasteiger partial charge >= 0.3 is 0 Å². The van der Waals surface area contributed by atoms with Crippen LogP contribution in [0.3, 0.4) is 0 Å². The Balaban J connectivity index is 3.07. The molecule has 0 aliphatic rings. The van der Waals surface area contributed by atoms with E-state index in [4.69, 9.17) is 4.52 Å². The average Bonchev–Trinajstić information content (AvgIpc) is 2.44. The van der Waals surface area contributed by atoms with Crippen molar-refractivity contribution >= 4 is 23.5 Å². The highest BCUT2D eigenvalue weighted by Crippen LogP contribution is 2.51. The molecule has 0 fully saturated rings. The van der Waals surface area contributed by atoms with E-state index in [1.807, 2.05) is 25.1 Å². The first kappa shape index (κ1) is 21.7. The topological polar surface area (TPSA) is 46.5 Å². The van der Waals surface area contributed by atoms with Crippen molar-refractivity contribution in [2.45, 2.75) is 64.9 Å². The van der Waals surface area contributed by atoms with Crippen molar-refractivity contribution in [1.29, 1.82) is 0 Å². The van der Waals surface area contributed by atoms with Crippen LogP contribution in [0.4, 0.5) is 0 Å². The molecule has 0 aliphatic carbocycles. The van der Waals surface area contributed by atoms with Crippen LogP contribution in [0.1, 0.15) is 11.1 Å². The van der Waals surface area contributed by atoms with Gasteiger partial charge in [-0.05, 0) is 24.6 Å². The molecule has 0 radical (unpaired) electrons. The van der Waals surface area contributed by atoms with Crippen LogP contribution in [0.15, 0.2) is 18.2 Å². The number of para-hydroxylation sites is 1. The number of aryl methyl sites for hydroxylation is 1. The van der Waals surface area contributed by atoms with Crippen molar-refractivity contribution in [2.75, 3.05) is 12.3 Å². The fourth-order valence-electron chi connectivity index (χ4n) is 2.35. The zero-order valence-corrected chi connectivity index (χ0v) is 19.4. The number of benzene rings is 1. The summed E-state index contributed by atoms with van der Waals surface area (Å²) in [6.45, 7) is 15.7. The van der Waals surface area contributed by atoms with Gasteiger partial charge < -0.3 is 9.63 Å². The minimum absolute atomic E-state index is 0.0843. The number of aliphatic hydroxyl groups excluding tert-OH is 1. The Bertz CT molecular complexity index is 567. The Morgan fingerprint density at radius 2 is 1.50 bits per heavy atom. The van der Waals surface area contributed by atoms with Crippen molar-refractivity contribution < 1.29 is 14.2 Å². The molecule has 24 heavy (non-hydrogen) atoms. The van der Waals surface area contributed by atoms with Crippen LogP contribution >= 0.6 is 7.37 Å². The van der Waals surface area contributed by atoms with E-state index in [0.717, 1.165) is 23.2 Å². The van der Waals surface area contributed by atoms with E-state index in [2.05, 4.69) is 39.3 Å². The van der Waals surface area contributed by atoms with Gasteiger partial charge in [0.25, 0.3) is 0 Å². The molecular weight excluding hydrogens is 351 g/mol. The molecule has 6 heteroatoms. The van der Waals surface area contributed by atoms with Crippen LogP contribution in [0.25, 0.3) is 0 Å². The fraction of sp³-hybridized carbons (Fsp3) is 0.667. The Morgan fingerprint density at radius 3 is 1.92 bits per heavy atom. The summed E-state index contributed by atoms with van der Waals surface area (Å²) in [6.07, 6.45) is 1.32. The summed E-state index contributed by atoms with van der Waals surface area (Å²) >= 11 is 0. The Kier molecular flexibility index (Phi) is 7.54. The molecule has 0 atom stereocenters. The van der Waals surface area contributed by atoms with Gasteiger partial charge in [-0.1, -0.05) is 57.5 Å². The van der Waals surface area contributed by atoms with Gasteiger partial charge in [0, 0.05) is 34.0 Å². The van der Waals surface area contributed by atoms with Gasteiger partial charge in [-0.3, -0.25) is 4.57 Å². The summed E-state index contributed by atoms with van der Waals surface area (Å²) in [4.78, 5) is 0. The lowest BCUT2D eigenvalue weighted by atomic mass is 10.1. The standard InChI is InChI=1S/C18H35O3PSi2/c1-16-9-8-10-17(15-19)18(16)21-22(20,11-13-23(2,3)4)12-14-24(5,6)7/h8-10,19H,11-15H2,1-7H3. The predicted octanol–water partition coefficient (Wildman–Crippen LogP) is 5.82. The maximum atomic E-state index is 13.6. The molecule has 138 valence electrons. The van der Waals surface area contributed by atoms with E-state index < -0.39 is 23.5 Å². The molecule has 0 heterocycles. The van der Waals surface area contributed by atoms with Crippen LogP contribution in [0, 0.1) is 6.92 Å². The highest BCUT2D eigenvalue weighted by molar-refractivity contribution is 7.59. The Hall–Kier alpha value is -0.356. The lowest BCUT2D eigenvalue weighted by molar-refractivity contribution is 0.278. The lowest BCUT2D eigenvalue weighted by Gasteiger charge is -2.27. The second-order valence-electron chi connectivity index (χ2n) is 9.20. The molecular formula is C18H35O3PSi2. The second kappa shape index (κ2) is 8.35. The first-order chi connectivity index (χ1) is 10.9. The molecule has 3 nitrogen and oxygen atoms in total. The van der Waals surface area contributed by atoms with Gasteiger partial charge in [0.2, 0.25) is 7.37 Å². The van der Waals surface area contributed by atoms with Crippen LogP contribution < -0.4 is 4.52 Å². The van der Waals surface area contributed by atoms with Crippen LogP contribution in [0.5, 0.6) is 5.75 Å². The Labute approximate surface area is 150 Å². The molecule has 0 amide bonds. The molecule has 0 saturated carbocycles. The molecule has 1 aromatic carbocycles. The quantitative estimate of drug-likeness (QED) is 0.429. The van der Waals surface area contributed by atoms with Crippen molar-refractivity contribution in [3.05, 3.63) is 29.3 Å². The summed E-state index contributed by atoms with van der Waals surface area (Å²) in [5.41, 5.74) is 1.68. The number of hydrogen-bond donors (Lipinski definition) is 1. The van der Waals surface area contributed by atoms with Gasteiger partial charge in [-0.25, -0.2) is 0 Å². The van der Waals surface area contributed by atoms with Crippen molar-refractivity contribution in [2.24, 2.45) is 0 Å². The summed E-state index contributed by atoms with van der Waals surface area (Å²) < 4.78 is 19.8. The molecule has 0 bridgehead atoms. The molecule has 0 saturated heterocycles. The number of rotatable bonds is 9. The number of aliphatic hydroxyl groups is 1. The molecule has 0 aromatic heterocycles. The van der Waals surface area contributed by atoms with Crippen LogP contribution in [-0.4, -0.2) is 33.6 Å². The molecule has 1 rings (SSSR count). The lowest BCUT2D eigenvalue weighted by Crippen LogP contribution is -2.25. The van der Waals surface area contributed by atoms with Crippen LogP contribution in [-0.2, 0) is 11.2 Å². The van der Waals surface area contributed by atoms with E-state index in [-0.39, 0.29) is 6.61 Å². The van der Waals surface area contributed by atoms with Crippen molar-refractivity contribution in [3.8, 4) is 5.75 Å². The zero-order valence-electron chi connectivity index (χ0n) is 16.5. The van der Waals surface area contributed by atoms with Crippen molar-refractivity contribution in [3.63, 3.8) is 0 Å². The van der Waals surface area contributed by atoms with Gasteiger partial charge in [-0.2, -0.15) is 0 Å². The first-order valence-corrected chi connectivity index (χ1v) is 18.2. The highest BCUT2D eigenvalue weighted by Gasteiger charge is 2.31. The normalized spacial score (nSPS) is 13.2. The van der Waals surface area contributed by atoms with E-state index >= 15 is 0 Å². The summed E-state index contributed by atoms with van der Waals surface area (Å²) in [6, 6.07) is 7.73. The molecule has 0 aliphatic heterocycles. The maximum Gasteiger partial charge on any atom is 0.247 e. The third-order valence-corrected chi connectivity index (χ3v) is 10.8. The second-order valence-corrected chi connectivity index (χ2v) is 23.1. The monoisotopic (exact) mass is 386 g/mol. The van der Waals surface area contributed by atoms with E-state index in [1.165, 1.54) is 0 Å². The predicted molar refractivity (Wildman–Crippen MR) is 111 cm³/mol. The van der Waals surface area contributed by atoms with E-state index in [1.54, 1.807) is 0 Å². The van der Waals surface area contributed by atoms with Gasteiger partial charge in [0.15, 0.2) is 0 Å². The molecule has 1 N–H and O–H groups in total. The average molecular weight is 387 g/mol.